The van der Waals surface area contributed by atoms with Crippen LogP contribution < -0.4 is 5.73 Å². The van der Waals surface area contributed by atoms with E-state index in [-0.39, 0.29) is 30.5 Å². The molecule has 18 heavy (non-hydrogen) atoms. The number of morpholine rings is 1. The van der Waals surface area contributed by atoms with Gasteiger partial charge in [0.2, 0.25) is 5.91 Å². The zero-order valence-electron chi connectivity index (χ0n) is 11.3. The molecule has 0 aromatic carbocycles. The first-order valence-electron chi connectivity index (χ1n) is 6.34. The molecule has 4 nitrogen and oxygen atoms in total. The normalized spacial score (nSPS) is 21.3. The van der Waals surface area contributed by atoms with Crippen LogP contribution in [-0.4, -0.2) is 54.7 Å². The van der Waals surface area contributed by atoms with Crippen molar-refractivity contribution < 1.29 is 9.53 Å². The fraction of sp³-hybridized carbons (Fsp3) is 0.917. The quantitative estimate of drug-likeness (QED) is 0.807. The minimum Gasteiger partial charge on any atom is -0.375 e. The number of thioether (sulfide) groups is 1. The second-order valence-corrected chi connectivity index (χ2v) is 5.44. The Morgan fingerprint density at radius 2 is 2.33 bits per heavy atom. The number of carbonyl (C=O) groups is 1. The first kappa shape index (κ1) is 18.0. The van der Waals surface area contributed by atoms with Gasteiger partial charge in [-0.3, -0.25) is 4.79 Å². The van der Waals surface area contributed by atoms with Crippen LogP contribution in [0.25, 0.3) is 0 Å². The molecule has 0 radical (unpaired) electrons. The van der Waals surface area contributed by atoms with E-state index in [0.717, 1.165) is 25.0 Å². The molecule has 0 saturated carbocycles. The molecule has 1 saturated heterocycles. The Bertz CT molecular complexity index is 242. The van der Waals surface area contributed by atoms with E-state index in [1.165, 1.54) is 0 Å². The van der Waals surface area contributed by atoms with Crippen molar-refractivity contribution in [1.29, 1.82) is 0 Å². The molecule has 2 unspecified atom stereocenters. The summed E-state index contributed by atoms with van der Waals surface area (Å²) in [6.45, 7) is 4.17. The van der Waals surface area contributed by atoms with Crippen molar-refractivity contribution in [3.63, 3.8) is 0 Å². The fourth-order valence-corrected chi connectivity index (χ4v) is 2.51. The molecule has 1 fully saturated rings. The fourth-order valence-electron chi connectivity index (χ4n) is 2.02. The number of nitrogens with two attached hydrogens (primary N) is 1. The van der Waals surface area contributed by atoms with Gasteiger partial charge in [0.1, 0.15) is 0 Å². The number of hydrogen-bond donors (Lipinski definition) is 1. The molecular formula is C12H25ClN2O2S. The third-order valence-corrected chi connectivity index (χ3v) is 3.66. The van der Waals surface area contributed by atoms with Crippen LogP contribution in [0.2, 0.25) is 0 Å². The summed E-state index contributed by atoms with van der Waals surface area (Å²) >= 11 is 1.73. The molecule has 1 heterocycles. The van der Waals surface area contributed by atoms with E-state index in [2.05, 4.69) is 6.92 Å². The highest BCUT2D eigenvalue weighted by Crippen LogP contribution is 2.12. The maximum Gasteiger partial charge on any atom is 0.239 e. The van der Waals surface area contributed by atoms with Gasteiger partial charge in [-0.05, 0) is 24.9 Å². The Morgan fingerprint density at radius 1 is 1.61 bits per heavy atom. The third kappa shape index (κ3) is 5.78. The molecule has 1 aliphatic heterocycles. The zero-order valence-corrected chi connectivity index (χ0v) is 12.9. The van der Waals surface area contributed by atoms with E-state index in [9.17, 15) is 4.79 Å². The SMILES string of the molecule is CCCC1CN(C(=O)C(N)CCSC)CCO1.Cl. The number of carbonyl (C=O) groups excluding carboxylic acids is 1. The summed E-state index contributed by atoms with van der Waals surface area (Å²) in [4.78, 5) is 14.0. The van der Waals surface area contributed by atoms with Crippen LogP contribution in [0.15, 0.2) is 0 Å². The summed E-state index contributed by atoms with van der Waals surface area (Å²) in [6.07, 6.45) is 5.10. The molecule has 2 atom stereocenters. The Kier molecular flexibility index (Phi) is 9.91. The largest absolute Gasteiger partial charge is 0.375 e. The molecule has 108 valence electrons. The van der Waals surface area contributed by atoms with Gasteiger partial charge in [-0.15, -0.1) is 12.4 Å². The van der Waals surface area contributed by atoms with E-state index < -0.39 is 0 Å². The van der Waals surface area contributed by atoms with Gasteiger partial charge in [0, 0.05) is 13.1 Å². The van der Waals surface area contributed by atoms with Crippen LogP contribution >= 0.6 is 24.2 Å². The number of amides is 1. The van der Waals surface area contributed by atoms with Crippen molar-refractivity contribution in [1.82, 2.24) is 4.90 Å². The van der Waals surface area contributed by atoms with Gasteiger partial charge in [0.15, 0.2) is 0 Å². The van der Waals surface area contributed by atoms with Crippen LogP contribution in [0.4, 0.5) is 0 Å². The molecule has 0 bridgehead atoms. The predicted molar refractivity (Wildman–Crippen MR) is 79.5 cm³/mol. The van der Waals surface area contributed by atoms with Gasteiger partial charge < -0.3 is 15.4 Å². The van der Waals surface area contributed by atoms with Gasteiger partial charge in [-0.25, -0.2) is 0 Å². The minimum absolute atomic E-state index is 0. The average Bonchev–Trinajstić information content (AvgIpc) is 2.35. The Labute approximate surface area is 120 Å². The summed E-state index contributed by atoms with van der Waals surface area (Å²) < 4.78 is 5.62. The topological polar surface area (TPSA) is 55.6 Å². The molecule has 2 N–H and O–H groups in total. The van der Waals surface area contributed by atoms with Gasteiger partial charge in [0.25, 0.3) is 0 Å². The molecule has 0 aliphatic carbocycles. The lowest BCUT2D eigenvalue weighted by Gasteiger charge is -2.34. The monoisotopic (exact) mass is 296 g/mol. The van der Waals surface area contributed by atoms with Crippen molar-refractivity contribution in [2.75, 3.05) is 31.7 Å². The van der Waals surface area contributed by atoms with E-state index in [1.807, 2.05) is 11.2 Å². The molecule has 1 rings (SSSR count). The Hall–Kier alpha value is 0.0300. The molecule has 0 aromatic heterocycles. The van der Waals surface area contributed by atoms with Crippen molar-refractivity contribution in [2.45, 2.75) is 38.3 Å². The van der Waals surface area contributed by atoms with Crippen molar-refractivity contribution >= 4 is 30.1 Å². The predicted octanol–water partition coefficient (Wildman–Crippen LogP) is 1.52. The lowest BCUT2D eigenvalue weighted by molar-refractivity contribution is -0.140. The van der Waals surface area contributed by atoms with Crippen LogP contribution in [0.1, 0.15) is 26.2 Å². The molecule has 1 aliphatic rings. The average molecular weight is 297 g/mol. The molecule has 0 spiro atoms. The van der Waals surface area contributed by atoms with Crippen molar-refractivity contribution in [3.8, 4) is 0 Å². The third-order valence-electron chi connectivity index (χ3n) is 3.01. The van der Waals surface area contributed by atoms with Gasteiger partial charge in [-0.2, -0.15) is 11.8 Å². The highest BCUT2D eigenvalue weighted by Gasteiger charge is 2.26. The smallest absolute Gasteiger partial charge is 0.239 e. The maximum atomic E-state index is 12.1. The van der Waals surface area contributed by atoms with Crippen LogP contribution in [-0.2, 0) is 9.53 Å². The second kappa shape index (κ2) is 9.89. The van der Waals surface area contributed by atoms with Crippen molar-refractivity contribution in [2.24, 2.45) is 5.73 Å². The summed E-state index contributed by atoms with van der Waals surface area (Å²) in [5.41, 5.74) is 5.91. The van der Waals surface area contributed by atoms with Crippen LogP contribution in [0.3, 0.4) is 0 Å². The number of rotatable bonds is 6. The summed E-state index contributed by atoms with van der Waals surface area (Å²) in [5.74, 6) is 1.03. The van der Waals surface area contributed by atoms with Crippen LogP contribution in [0.5, 0.6) is 0 Å². The van der Waals surface area contributed by atoms with E-state index in [1.54, 1.807) is 11.8 Å². The lowest BCUT2D eigenvalue weighted by Crippen LogP contribution is -2.51. The molecule has 1 amide bonds. The summed E-state index contributed by atoms with van der Waals surface area (Å²) in [7, 11) is 0. The van der Waals surface area contributed by atoms with Crippen molar-refractivity contribution in [3.05, 3.63) is 0 Å². The number of halogens is 1. The minimum atomic E-state index is -0.345. The summed E-state index contributed by atoms with van der Waals surface area (Å²) in [6, 6.07) is -0.345. The van der Waals surface area contributed by atoms with E-state index in [4.69, 9.17) is 10.5 Å². The first-order chi connectivity index (χ1) is 8.19. The molecule has 0 aromatic rings. The zero-order chi connectivity index (χ0) is 12.7. The summed E-state index contributed by atoms with van der Waals surface area (Å²) in [5, 5.41) is 0. The van der Waals surface area contributed by atoms with E-state index in [0.29, 0.717) is 19.7 Å². The standard InChI is InChI=1S/C12H24N2O2S.ClH/c1-3-4-10-9-14(6-7-16-10)12(15)11(13)5-8-17-2;/h10-11H,3-9,13H2,1-2H3;1H. The highest BCUT2D eigenvalue weighted by molar-refractivity contribution is 7.98. The van der Waals surface area contributed by atoms with E-state index >= 15 is 0 Å². The Balaban J connectivity index is 0.00000289. The van der Waals surface area contributed by atoms with Gasteiger partial charge in [-0.1, -0.05) is 13.3 Å². The highest BCUT2D eigenvalue weighted by atomic mass is 35.5. The number of nitrogens with zero attached hydrogens (tertiary/aromatic N) is 1. The maximum absolute atomic E-state index is 12.1. The van der Waals surface area contributed by atoms with Crippen LogP contribution in [0, 0.1) is 0 Å². The Morgan fingerprint density at radius 3 is 2.94 bits per heavy atom. The van der Waals surface area contributed by atoms with Gasteiger partial charge >= 0.3 is 0 Å². The second-order valence-electron chi connectivity index (χ2n) is 4.45. The molecular weight excluding hydrogens is 272 g/mol. The van der Waals surface area contributed by atoms with Gasteiger partial charge in [0.05, 0.1) is 18.8 Å². The first-order valence-corrected chi connectivity index (χ1v) is 7.73. The number of ether oxygens (including phenoxy) is 1. The lowest BCUT2D eigenvalue weighted by atomic mass is 10.1. The molecule has 6 heteroatoms. The number of hydrogen-bond acceptors (Lipinski definition) is 4.